The molecular weight excluding hydrogens is 578 g/mol. The molecule has 3 aromatic rings. The van der Waals surface area contributed by atoms with Gasteiger partial charge in [-0.05, 0) is 36.1 Å². The summed E-state index contributed by atoms with van der Waals surface area (Å²) in [6.45, 7) is 0.241. The van der Waals surface area contributed by atoms with Gasteiger partial charge in [-0.15, -0.1) is 0 Å². The van der Waals surface area contributed by atoms with Crippen molar-refractivity contribution < 1.29 is 24.3 Å². The number of nitrogens with two attached hydrogens (primary N) is 3. The minimum absolute atomic E-state index is 0.0261. The number of benzene rings is 2. The summed E-state index contributed by atoms with van der Waals surface area (Å²) in [5.41, 5.74) is 18.4. The predicted molar refractivity (Wildman–Crippen MR) is 169 cm³/mol. The third kappa shape index (κ3) is 12.2. The van der Waals surface area contributed by atoms with E-state index in [4.69, 9.17) is 17.2 Å². The highest BCUT2D eigenvalue weighted by Gasteiger charge is 2.29. The number of nitrogens with zero attached hydrogens (tertiary/aromatic N) is 2. The highest BCUT2D eigenvalue weighted by Crippen LogP contribution is 2.11. The van der Waals surface area contributed by atoms with Crippen molar-refractivity contribution in [2.24, 2.45) is 22.2 Å². The first kappa shape index (κ1) is 33.8. The van der Waals surface area contributed by atoms with Gasteiger partial charge in [-0.3, -0.25) is 24.2 Å². The molecule has 45 heavy (non-hydrogen) atoms. The number of H-pyrrole nitrogens is 1. The van der Waals surface area contributed by atoms with E-state index >= 15 is 0 Å². The second-order valence-electron chi connectivity index (χ2n) is 10.3. The zero-order valence-electron chi connectivity index (χ0n) is 24.7. The summed E-state index contributed by atoms with van der Waals surface area (Å²) >= 11 is 0. The van der Waals surface area contributed by atoms with Crippen LogP contribution < -0.4 is 33.2 Å². The van der Waals surface area contributed by atoms with Gasteiger partial charge in [0.1, 0.15) is 23.9 Å². The Bertz CT molecular complexity index is 1450. The van der Waals surface area contributed by atoms with Gasteiger partial charge in [-0.25, -0.2) is 4.98 Å². The van der Waals surface area contributed by atoms with Crippen molar-refractivity contribution in [1.29, 1.82) is 0 Å². The Labute approximate surface area is 260 Å². The van der Waals surface area contributed by atoms with Gasteiger partial charge in [0.25, 0.3) is 0 Å². The fourth-order valence-electron chi connectivity index (χ4n) is 4.36. The number of aliphatic imine (C=N–C) groups is 1. The molecule has 3 rings (SSSR count). The van der Waals surface area contributed by atoms with E-state index in [0.717, 1.165) is 11.1 Å². The lowest BCUT2D eigenvalue weighted by Gasteiger charge is -2.25. The number of carbonyl (C=O) groups is 4. The van der Waals surface area contributed by atoms with Crippen LogP contribution in [-0.4, -0.2) is 69.3 Å². The number of imidazole rings is 1. The zero-order valence-corrected chi connectivity index (χ0v) is 24.7. The fraction of sp³-hybridized carbons (Fsp3) is 0.290. The van der Waals surface area contributed by atoms with Crippen molar-refractivity contribution in [3.05, 3.63) is 90.0 Å². The third-order valence-electron chi connectivity index (χ3n) is 6.66. The Morgan fingerprint density at radius 1 is 0.889 bits per heavy atom. The number of rotatable bonds is 17. The van der Waals surface area contributed by atoms with Crippen LogP contribution in [0, 0.1) is 0 Å². The summed E-state index contributed by atoms with van der Waals surface area (Å²) < 4.78 is 0. The van der Waals surface area contributed by atoms with Crippen molar-refractivity contribution in [1.82, 2.24) is 25.9 Å². The molecular formula is C31H39N9O5. The molecule has 1 aromatic heterocycles. The van der Waals surface area contributed by atoms with Crippen molar-refractivity contribution in [2.75, 3.05) is 6.54 Å². The van der Waals surface area contributed by atoms with E-state index in [1.807, 2.05) is 6.07 Å². The van der Waals surface area contributed by atoms with Gasteiger partial charge < -0.3 is 43.2 Å². The molecule has 2 aromatic carbocycles. The Morgan fingerprint density at radius 2 is 1.56 bits per heavy atom. The molecule has 14 nitrogen and oxygen atoms in total. The van der Waals surface area contributed by atoms with Crippen molar-refractivity contribution in [3.8, 4) is 5.75 Å². The lowest BCUT2D eigenvalue weighted by Crippen LogP contribution is -2.57. The van der Waals surface area contributed by atoms with Crippen LogP contribution in [0.3, 0.4) is 0 Å². The molecule has 11 N–H and O–H groups in total. The molecule has 0 aliphatic rings. The number of primary amides is 1. The minimum Gasteiger partial charge on any atom is -0.508 e. The number of amides is 4. The Balaban J connectivity index is 1.74. The molecule has 0 aliphatic carbocycles. The SMILES string of the molecule is NC(=O)[C@H](CCCN=C(N)N)NC(=O)[C@@H](Cc1ccccc1)NC(=O)[C@H](Cc1cnc[nH]1)NC(=O)C/C=C/c1ccc(O)cc1. The molecule has 0 unspecified atom stereocenters. The lowest BCUT2D eigenvalue weighted by molar-refractivity contribution is -0.133. The molecule has 0 aliphatic heterocycles. The van der Waals surface area contributed by atoms with Crippen molar-refractivity contribution in [2.45, 2.75) is 50.2 Å². The molecule has 0 radical (unpaired) electrons. The van der Waals surface area contributed by atoms with Gasteiger partial charge in [-0.2, -0.15) is 0 Å². The summed E-state index contributed by atoms with van der Waals surface area (Å²) in [5, 5.41) is 17.6. The van der Waals surface area contributed by atoms with E-state index in [1.54, 1.807) is 48.6 Å². The fourth-order valence-corrected chi connectivity index (χ4v) is 4.36. The Kier molecular flexibility index (Phi) is 13.1. The van der Waals surface area contributed by atoms with Crippen LogP contribution in [0.2, 0.25) is 0 Å². The first-order valence-corrected chi connectivity index (χ1v) is 14.3. The number of hydrogen-bond donors (Lipinski definition) is 8. The maximum absolute atomic E-state index is 13.6. The molecule has 0 saturated carbocycles. The molecule has 0 fully saturated rings. The second kappa shape index (κ2) is 17.5. The number of carbonyl (C=O) groups excluding carboxylic acids is 4. The molecule has 238 valence electrons. The number of aromatic nitrogens is 2. The Morgan fingerprint density at radius 3 is 2.18 bits per heavy atom. The largest absolute Gasteiger partial charge is 0.508 e. The monoisotopic (exact) mass is 617 g/mol. The summed E-state index contributed by atoms with van der Waals surface area (Å²) in [6.07, 6.45) is 7.06. The first-order valence-electron chi connectivity index (χ1n) is 14.3. The first-order chi connectivity index (χ1) is 21.6. The summed E-state index contributed by atoms with van der Waals surface area (Å²) in [5.74, 6) is -2.37. The highest BCUT2D eigenvalue weighted by molar-refractivity contribution is 5.94. The molecule has 1 heterocycles. The Hall–Kier alpha value is -5.66. The maximum atomic E-state index is 13.6. The van der Waals surface area contributed by atoms with Crippen LogP contribution in [0.15, 0.2) is 78.2 Å². The van der Waals surface area contributed by atoms with Crippen LogP contribution in [0.4, 0.5) is 0 Å². The number of hydrogen-bond acceptors (Lipinski definition) is 7. The average Bonchev–Trinajstić information content (AvgIpc) is 3.52. The third-order valence-corrected chi connectivity index (χ3v) is 6.66. The predicted octanol–water partition coefficient (Wildman–Crippen LogP) is -0.00270. The standard InChI is InChI=1S/C31H39N9O5/c32-28(43)24(9-5-15-36-31(33)34)39-29(44)25(16-21-6-2-1-3-7-21)40-30(45)26(17-22-18-35-19-37-22)38-27(42)10-4-8-20-11-13-23(41)14-12-20/h1-4,6-8,11-14,18-19,24-26,41H,5,9-10,15-17H2,(H2,32,43)(H,35,37)(H,38,42)(H,39,44)(H,40,45)(H4,33,34,36)/b8-4+/t24-,25+,26-/m0/s1. The van der Waals surface area contributed by atoms with Crippen LogP contribution in [0.25, 0.3) is 6.08 Å². The van der Waals surface area contributed by atoms with Crippen LogP contribution in [-0.2, 0) is 32.0 Å². The van der Waals surface area contributed by atoms with E-state index in [-0.39, 0.29) is 43.9 Å². The van der Waals surface area contributed by atoms with Crippen molar-refractivity contribution in [3.63, 3.8) is 0 Å². The highest BCUT2D eigenvalue weighted by atomic mass is 16.3. The van der Waals surface area contributed by atoms with Gasteiger partial charge in [0.15, 0.2) is 5.96 Å². The topological polar surface area (TPSA) is 244 Å². The molecule has 0 saturated heterocycles. The van der Waals surface area contributed by atoms with Gasteiger partial charge in [0.2, 0.25) is 23.6 Å². The number of guanidine groups is 1. The molecule has 0 spiro atoms. The van der Waals surface area contributed by atoms with Crippen molar-refractivity contribution >= 4 is 35.7 Å². The molecule has 14 heteroatoms. The van der Waals surface area contributed by atoms with Gasteiger partial charge >= 0.3 is 0 Å². The second-order valence-corrected chi connectivity index (χ2v) is 10.3. The van der Waals surface area contributed by atoms with Crippen LogP contribution in [0.5, 0.6) is 5.75 Å². The average molecular weight is 618 g/mol. The smallest absolute Gasteiger partial charge is 0.243 e. The normalized spacial score (nSPS) is 12.9. The van der Waals surface area contributed by atoms with Crippen LogP contribution >= 0.6 is 0 Å². The quantitative estimate of drug-likeness (QED) is 0.0580. The van der Waals surface area contributed by atoms with Gasteiger partial charge in [0.05, 0.1) is 6.33 Å². The number of phenolic OH excluding ortho intramolecular Hbond substituents is 1. The lowest BCUT2D eigenvalue weighted by atomic mass is 10.0. The molecule has 3 atom stereocenters. The summed E-state index contributed by atoms with van der Waals surface area (Å²) in [6, 6.07) is 12.3. The van der Waals surface area contributed by atoms with E-state index in [2.05, 4.69) is 30.9 Å². The number of nitrogens with one attached hydrogen (secondary N) is 4. The number of aromatic hydroxyl groups is 1. The minimum atomic E-state index is -1.10. The summed E-state index contributed by atoms with van der Waals surface area (Å²) in [7, 11) is 0. The van der Waals surface area contributed by atoms with E-state index in [1.165, 1.54) is 24.7 Å². The molecule has 0 bridgehead atoms. The maximum Gasteiger partial charge on any atom is 0.243 e. The number of phenols is 1. The summed E-state index contributed by atoms with van der Waals surface area (Å²) in [4.78, 5) is 62.8. The zero-order chi connectivity index (χ0) is 32.6. The number of aromatic amines is 1. The van der Waals surface area contributed by atoms with Gasteiger partial charge in [0, 0.05) is 37.7 Å². The van der Waals surface area contributed by atoms with Gasteiger partial charge in [-0.1, -0.05) is 54.6 Å². The molecule has 4 amide bonds. The van der Waals surface area contributed by atoms with E-state index in [0.29, 0.717) is 12.1 Å². The van der Waals surface area contributed by atoms with Crippen LogP contribution in [0.1, 0.15) is 36.1 Å². The van der Waals surface area contributed by atoms with E-state index in [9.17, 15) is 24.3 Å². The van der Waals surface area contributed by atoms with E-state index < -0.39 is 41.8 Å².